The predicted molar refractivity (Wildman–Crippen MR) is 89.2 cm³/mol. The molecule has 0 N–H and O–H groups in total. The zero-order valence-electron chi connectivity index (χ0n) is 13.1. The molecule has 0 unspecified atom stereocenters. The van der Waals surface area contributed by atoms with Gasteiger partial charge < -0.3 is 0 Å². The molecule has 3 heteroatoms. The smallest absolute Gasteiger partial charge is 0.227 e. The summed E-state index contributed by atoms with van der Waals surface area (Å²) in [5.74, 6) is 0.104. The van der Waals surface area contributed by atoms with Crippen molar-refractivity contribution in [3.05, 3.63) is 95.6 Å². The highest BCUT2D eigenvalue weighted by Crippen LogP contribution is 2.08. The fraction of sp³-hybridized carbons (Fsp3) is 0.150. The van der Waals surface area contributed by atoms with Crippen molar-refractivity contribution >= 4 is 5.78 Å². The summed E-state index contributed by atoms with van der Waals surface area (Å²) in [4.78, 5) is 16.6. The van der Waals surface area contributed by atoms with Gasteiger partial charge in [0.2, 0.25) is 18.0 Å². The molecule has 0 saturated heterocycles. The van der Waals surface area contributed by atoms with Gasteiger partial charge in [-0.1, -0.05) is 60.2 Å². The van der Waals surface area contributed by atoms with Crippen molar-refractivity contribution in [3.63, 3.8) is 0 Å². The van der Waals surface area contributed by atoms with Crippen molar-refractivity contribution in [1.82, 2.24) is 4.98 Å². The third-order valence-corrected chi connectivity index (χ3v) is 3.84. The topological polar surface area (TPSA) is 33.8 Å². The molecule has 0 aliphatic heterocycles. The molecule has 1 aromatic heterocycles. The van der Waals surface area contributed by atoms with Gasteiger partial charge in [0, 0.05) is 5.56 Å². The minimum absolute atomic E-state index is 0.104. The fourth-order valence-corrected chi connectivity index (χ4v) is 2.50. The lowest BCUT2D eigenvalue weighted by atomic mass is 10.1. The van der Waals surface area contributed by atoms with Crippen LogP contribution in [0.25, 0.3) is 0 Å². The normalized spacial score (nSPS) is 10.5. The van der Waals surface area contributed by atoms with E-state index in [1.54, 1.807) is 6.20 Å². The number of carbonyl (C=O) groups is 1. The first-order valence-corrected chi connectivity index (χ1v) is 7.68. The van der Waals surface area contributed by atoms with Crippen molar-refractivity contribution in [2.45, 2.75) is 19.9 Å². The van der Waals surface area contributed by atoms with Crippen LogP contribution in [0.1, 0.15) is 27.2 Å². The quantitative estimate of drug-likeness (QED) is 0.536. The van der Waals surface area contributed by atoms with Gasteiger partial charge in [-0.25, -0.2) is 0 Å². The Kier molecular flexibility index (Phi) is 4.57. The number of aryl methyl sites for hydroxylation is 1. The average Bonchev–Trinajstić information content (AvgIpc) is 2.59. The van der Waals surface area contributed by atoms with Crippen molar-refractivity contribution in [1.29, 1.82) is 0 Å². The Balaban J connectivity index is 1.80. The third-order valence-electron chi connectivity index (χ3n) is 3.84. The molecule has 3 aromatic rings. The van der Waals surface area contributed by atoms with Crippen LogP contribution in [0.15, 0.2) is 73.2 Å². The van der Waals surface area contributed by atoms with Gasteiger partial charge in [0.25, 0.3) is 0 Å². The van der Waals surface area contributed by atoms with Crippen LogP contribution in [0.3, 0.4) is 0 Å². The molecule has 114 valence electrons. The van der Waals surface area contributed by atoms with Crippen LogP contribution < -0.4 is 4.57 Å². The summed E-state index contributed by atoms with van der Waals surface area (Å²) >= 11 is 0. The van der Waals surface area contributed by atoms with E-state index in [-0.39, 0.29) is 5.78 Å². The van der Waals surface area contributed by atoms with Gasteiger partial charge in [0.05, 0.1) is 18.8 Å². The minimum atomic E-state index is 0.104. The molecule has 1 heterocycles. The van der Waals surface area contributed by atoms with E-state index >= 15 is 0 Å². The average molecular weight is 303 g/mol. The highest BCUT2D eigenvalue weighted by atomic mass is 16.1. The minimum Gasteiger partial charge on any atom is -0.287 e. The maximum Gasteiger partial charge on any atom is 0.227 e. The molecular weight excluding hydrogens is 284 g/mol. The van der Waals surface area contributed by atoms with E-state index < -0.39 is 0 Å². The number of rotatable bonds is 5. The molecule has 23 heavy (non-hydrogen) atoms. The molecule has 0 bridgehead atoms. The molecule has 3 nitrogen and oxygen atoms in total. The second-order valence-electron chi connectivity index (χ2n) is 5.65. The van der Waals surface area contributed by atoms with Gasteiger partial charge in [0.15, 0.2) is 6.20 Å². The zero-order chi connectivity index (χ0) is 16.1. The first-order valence-electron chi connectivity index (χ1n) is 7.68. The Morgan fingerprint density at radius 2 is 1.78 bits per heavy atom. The molecule has 3 rings (SSSR count). The van der Waals surface area contributed by atoms with E-state index in [0.29, 0.717) is 6.54 Å². The number of nitrogens with zero attached hydrogens (tertiary/aromatic N) is 2. The summed E-state index contributed by atoms with van der Waals surface area (Å²) in [6.45, 7) is 2.40. The van der Waals surface area contributed by atoms with Gasteiger partial charge in [-0.2, -0.15) is 4.57 Å². The van der Waals surface area contributed by atoms with Crippen molar-refractivity contribution < 1.29 is 9.36 Å². The molecule has 0 fully saturated rings. The van der Waals surface area contributed by atoms with E-state index in [1.165, 1.54) is 11.1 Å². The van der Waals surface area contributed by atoms with Gasteiger partial charge in [-0.05, 0) is 12.5 Å². The Hall–Kier alpha value is -2.81. The van der Waals surface area contributed by atoms with Crippen LogP contribution in [0, 0.1) is 6.92 Å². The van der Waals surface area contributed by atoms with Gasteiger partial charge >= 0.3 is 0 Å². The van der Waals surface area contributed by atoms with Gasteiger partial charge in [-0.15, -0.1) is 0 Å². The summed E-state index contributed by atoms with van der Waals surface area (Å²) in [5.41, 5.74) is 4.22. The third kappa shape index (κ3) is 3.89. The molecule has 0 amide bonds. The Bertz CT molecular complexity index is 795. The standard InChI is InChI=1S/C20H19N2O/c1-16-7-9-17(10-8-16)13-19-14-21-11-12-22(19)15-20(23)18-5-3-2-4-6-18/h2-12,14H,13,15H2,1H3/q+1. The van der Waals surface area contributed by atoms with Crippen LogP contribution in [0.4, 0.5) is 0 Å². The summed E-state index contributed by atoms with van der Waals surface area (Å²) in [7, 11) is 0. The maximum atomic E-state index is 12.4. The van der Waals surface area contributed by atoms with Crippen LogP contribution >= 0.6 is 0 Å². The number of hydrogen-bond acceptors (Lipinski definition) is 2. The second kappa shape index (κ2) is 6.97. The molecule has 0 aliphatic rings. The van der Waals surface area contributed by atoms with Gasteiger partial charge in [-0.3, -0.25) is 9.78 Å². The number of ketones is 1. The lowest BCUT2D eigenvalue weighted by molar-refractivity contribution is -0.690. The Morgan fingerprint density at radius 1 is 1.04 bits per heavy atom. The number of hydrogen-bond donors (Lipinski definition) is 0. The first kappa shape index (κ1) is 15.1. The molecular formula is C20H19N2O+. The van der Waals surface area contributed by atoms with Crippen molar-refractivity contribution in [2.75, 3.05) is 0 Å². The van der Waals surface area contributed by atoms with Gasteiger partial charge in [0.1, 0.15) is 0 Å². The van der Waals surface area contributed by atoms with Crippen molar-refractivity contribution in [3.8, 4) is 0 Å². The van der Waals surface area contributed by atoms with E-state index in [1.807, 2.05) is 47.3 Å². The van der Waals surface area contributed by atoms with E-state index in [4.69, 9.17) is 0 Å². The summed E-state index contributed by atoms with van der Waals surface area (Å²) < 4.78 is 1.97. The second-order valence-corrected chi connectivity index (χ2v) is 5.65. The van der Waals surface area contributed by atoms with E-state index in [2.05, 4.69) is 36.2 Å². The Labute approximate surface area is 136 Å². The molecule has 0 spiro atoms. The summed E-state index contributed by atoms with van der Waals surface area (Å²) in [5, 5.41) is 0. The highest BCUT2D eigenvalue weighted by molar-refractivity contribution is 5.94. The first-order chi connectivity index (χ1) is 11.2. The largest absolute Gasteiger partial charge is 0.287 e. The number of benzene rings is 2. The van der Waals surface area contributed by atoms with Crippen LogP contribution in [0.5, 0.6) is 0 Å². The SMILES string of the molecule is Cc1ccc(Cc2cncc[n+]2CC(=O)c2ccccc2)cc1. The molecule has 0 saturated carbocycles. The lowest BCUT2D eigenvalue weighted by Gasteiger charge is -2.04. The number of aromatic nitrogens is 2. The highest BCUT2D eigenvalue weighted by Gasteiger charge is 2.16. The Morgan fingerprint density at radius 3 is 2.52 bits per heavy atom. The molecule has 0 atom stereocenters. The predicted octanol–water partition coefficient (Wildman–Crippen LogP) is 3.15. The summed E-state index contributed by atoms with van der Waals surface area (Å²) in [6, 6.07) is 17.8. The maximum absolute atomic E-state index is 12.4. The van der Waals surface area contributed by atoms with Crippen molar-refractivity contribution in [2.24, 2.45) is 0 Å². The van der Waals surface area contributed by atoms with E-state index in [9.17, 15) is 4.79 Å². The zero-order valence-corrected chi connectivity index (χ0v) is 13.1. The van der Waals surface area contributed by atoms with Crippen LogP contribution in [-0.2, 0) is 13.0 Å². The monoisotopic (exact) mass is 303 g/mol. The van der Waals surface area contributed by atoms with E-state index in [0.717, 1.165) is 17.7 Å². The lowest BCUT2D eigenvalue weighted by Crippen LogP contribution is -2.42. The molecule has 0 radical (unpaired) electrons. The number of carbonyl (C=O) groups excluding carboxylic acids is 1. The number of Topliss-reactive ketones (excluding diaryl/α,β-unsaturated/α-hetero) is 1. The molecule has 2 aromatic carbocycles. The van der Waals surface area contributed by atoms with Crippen LogP contribution in [-0.4, -0.2) is 10.8 Å². The molecule has 0 aliphatic carbocycles. The van der Waals surface area contributed by atoms with Crippen LogP contribution in [0.2, 0.25) is 0 Å². The summed E-state index contributed by atoms with van der Waals surface area (Å²) in [6.07, 6.45) is 6.18. The fourth-order valence-electron chi connectivity index (χ4n) is 2.50.